The van der Waals surface area contributed by atoms with Gasteiger partial charge in [0.25, 0.3) is 5.91 Å². The molecule has 0 saturated heterocycles. The molecule has 1 aliphatic carbocycles. The van der Waals surface area contributed by atoms with Crippen LogP contribution in [0, 0.1) is 0 Å². The van der Waals surface area contributed by atoms with Gasteiger partial charge in [0.2, 0.25) is 0 Å². The molecule has 0 aliphatic heterocycles. The Morgan fingerprint density at radius 3 is 2.52 bits per heavy atom. The number of nitrogens with one attached hydrogen (secondary N) is 1. The van der Waals surface area contributed by atoms with E-state index in [4.69, 9.17) is 0 Å². The molecule has 138 valence electrons. The summed E-state index contributed by atoms with van der Waals surface area (Å²) in [6, 6.07) is 15.8. The summed E-state index contributed by atoms with van der Waals surface area (Å²) in [6.45, 7) is 3.51. The zero-order chi connectivity index (χ0) is 19.3. The summed E-state index contributed by atoms with van der Waals surface area (Å²) < 4.78 is 0. The van der Waals surface area contributed by atoms with Crippen LogP contribution in [-0.4, -0.2) is 28.1 Å². The molecule has 4 heteroatoms. The number of carbonyl (C=O) groups is 1. The van der Waals surface area contributed by atoms with Crippen molar-refractivity contribution in [2.24, 2.45) is 0 Å². The Bertz CT molecular complexity index is 936. The van der Waals surface area contributed by atoms with E-state index in [1.54, 1.807) is 26.2 Å². The summed E-state index contributed by atoms with van der Waals surface area (Å²) in [5.41, 5.74) is 2.26. The normalized spacial score (nSPS) is 12.3. The lowest BCUT2D eigenvalue weighted by Gasteiger charge is -2.24. The first-order valence-corrected chi connectivity index (χ1v) is 9.01. The first-order valence-electron chi connectivity index (χ1n) is 9.01. The van der Waals surface area contributed by atoms with Crippen LogP contribution in [0.15, 0.2) is 67.0 Å². The van der Waals surface area contributed by atoms with Gasteiger partial charge in [-0.3, -0.25) is 9.78 Å². The zero-order valence-electron chi connectivity index (χ0n) is 15.6. The number of benzene rings is 2. The smallest absolute Gasteiger partial charge is 0.252 e. The van der Waals surface area contributed by atoms with Gasteiger partial charge in [-0.25, -0.2) is 0 Å². The Labute approximate surface area is 159 Å². The van der Waals surface area contributed by atoms with Gasteiger partial charge in [0.05, 0.1) is 12.1 Å². The van der Waals surface area contributed by atoms with Crippen molar-refractivity contribution in [1.82, 2.24) is 10.3 Å². The average molecular weight is 360 g/mol. The second-order valence-corrected chi connectivity index (χ2v) is 7.17. The number of pyridine rings is 1. The molecule has 27 heavy (non-hydrogen) atoms. The highest BCUT2D eigenvalue weighted by atomic mass is 16.3. The lowest BCUT2D eigenvalue weighted by molar-refractivity contribution is 0.0869. The maximum atomic E-state index is 12.5. The Hall–Kier alpha value is -2.98. The van der Waals surface area contributed by atoms with E-state index in [1.807, 2.05) is 36.4 Å². The molecule has 1 amide bonds. The van der Waals surface area contributed by atoms with Crippen LogP contribution in [0.2, 0.25) is 0 Å². The molecule has 0 spiro atoms. The van der Waals surface area contributed by atoms with E-state index in [1.165, 1.54) is 5.56 Å². The molecule has 2 aromatic carbocycles. The van der Waals surface area contributed by atoms with Crippen molar-refractivity contribution in [3.8, 4) is 0 Å². The molecule has 4 nitrogen and oxygen atoms in total. The predicted octanol–water partition coefficient (Wildman–Crippen LogP) is 3.99. The molecule has 0 atom stereocenters. The number of allylic oxidation sites excluding steroid dienone is 1. The molecule has 1 aliphatic rings. The minimum absolute atomic E-state index is 0.0945. The quantitative estimate of drug-likeness (QED) is 0.742. The second-order valence-electron chi connectivity index (χ2n) is 7.17. The van der Waals surface area contributed by atoms with Crippen molar-refractivity contribution in [2.75, 3.05) is 6.61 Å². The van der Waals surface area contributed by atoms with E-state index in [0.717, 1.165) is 22.8 Å². The number of amides is 1. The number of hydrogen-bond acceptors (Lipinski definition) is 3. The fourth-order valence-electron chi connectivity index (χ4n) is 3.06. The van der Waals surface area contributed by atoms with Crippen LogP contribution in [0.25, 0.3) is 16.8 Å². The third kappa shape index (κ3) is 4.41. The number of hydrogen-bond donors (Lipinski definition) is 2. The zero-order valence-corrected chi connectivity index (χ0v) is 15.6. The minimum Gasteiger partial charge on any atom is -0.394 e. The summed E-state index contributed by atoms with van der Waals surface area (Å²) in [6.07, 6.45) is 8.51. The van der Waals surface area contributed by atoms with E-state index in [0.29, 0.717) is 5.56 Å². The Morgan fingerprint density at radius 1 is 1.11 bits per heavy atom. The number of nitrogens with zero attached hydrogens (tertiary/aromatic N) is 1. The molecule has 0 bridgehead atoms. The fraction of sp³-hybridized carbons (Fsp3) is 0.217. The average Bonchev–Trinajstić information content (AvgIpc) is 2.70. The van der Waals surface area contributed by atoms with Crippen molar-refractivity contribution in [2.45, 2.75) is 25.8 Å². The Kier molecular flexibility index (Phi) is 5.67. The molecule has 0 radical (unpaired) electrons. The number of aromatic nitrogens is 1. The number of aliphatic hydroxyl groups is 1. The van der Waals surface area contributed by atoms with Crippen LogP contribution in [0.5, 0.6) is 0 Å². The third-order valence-electron chi connectivity index (χ3n) is 4.45. The van der Waals surface area contributed by atoms with Crippen molar-refractivity contribution >= 4 is 22.8 Å². The Morgan fingerprint density at radius 2 is 1.89 bits per heavy atom. The second kappa shape index (κ2) is 8.14. The Balaban J connectivity index is 0.000000299. The molecule has 0 saturated carbocycles. The standard InChI is InChI=1S/C18H19NO2.C5H5N/c1-18(2,11-20)19-17(21)15-10-9-13-6-3-5-12-7-4-8-14(15)16(12)13;1-2-4-6-5-3-1/h3-6,8-10,20H,7,11H2,1-2H3,(H,19,21);1-5H. The molecule has 4 rings (SSSR count). The van der Waals surface area contributed by atoms with E-state index >= 15 is 0 Å². The van der Waals surface area contributed by atoms with Gasteiger partial charge >= 0.3 is 0 Å². The summed E-state index contributed by atoms with van der Waals surface area (Å²) >= 11 is 0. The van der Waals surface area contributed by atoms with E-state index in [-0.39, 0.29) is 12.5 Å². The monoisotopic (exact) mass is 360 g/mol. The molecule has 1 heterocycles. The maximum absolute atomic E-state index is 12.5. The molecular formula is C23H24N2O2. The van der Waals surface area contributed by atoms with Crippen LogP contribution in [0.3, 0.4) is 0 Å². The third-order valence-corrected chi connectivity index (χ3v) is 4.45. The van der Waals surface area contributed by atoms with Gasteiger partial charge in [-0.05, 0) is 60.4 Å². The molecule has 0 unspecified atom stereocenters. The van der Waals surface area contributed by atoms with Crippen molar-refractivity contribution < 1.29 is 9.90 Å². The highest BCUT2D eigenvalue weighted by Gasteiger charge is 2.23. The van der Waals surface area contributed by atoms with Gasteiger partial charge in [-0.15, -0.1) is 0 Å². The van der Waals surface area contributed by atoms with Gasteiger partial charge in [0.15, 0.2) is 0 Å². The number of rotatable bonds is 3. The van der Waals surface area contributed by atoms with Crippen molar-refractivity contribution in [3.63, 3.8) is 0 Å². The first-order chi connectivity index (χ1) is 13.0. The van der Waals surface area contributed by atoms with Crippen LogP contribution >= 0.6 is 0 Å². The van der Waals surface area contributed by atoms with Gasteiger partial charge in [-0.1, -0.05) is 42.5 Å². The first kappa shape index (κ1) is 18.8. The van der Waals surface area contributed by atoms with Gasteiger partial charge in [0, 0.05) is 18.0 Å². The lowest BCUT2D eigenvalue weighted by atomic mass is 9.89. The maximum Gasteiger partial charge on any atom is 0.252 e. The minimum atomic E-state index is -0.628. The van der Waals surface area contributed by atoms with Gasteiger partial charge < -0.3 is 10.4 Å². The summed E-state index contributed by atoms with van der Waals surface area (Å²) in [4.78, 5) is 16.3. The summed E-state index contributed by atoms with van der Waals surface area (Å²) in [5.74, 6) is -0.146. The summed E-state index contributed by atoms with van der Waals surface area (Å²) in [7, 11) is 0. The topological polar surface area (TPSA) is 62.2 Å². The highest BCUT2D eigenvalue weighted by Crippen LogP contribution is 2.31. The number of aliphatic hydroxyl groups excluding tert-OH is 1. The van der Waals surface area contributed by atoms with E-state index < -0.39 is 5.54 Å². The molecular weight excluding hydrogens is 336 g/mol. The lowest BCUT2D eigenvalue weighted by Crippen LogP contribution is -2.46. The van der Waals surface area contributed by atoms with Crippen LogP contribution in [-0.2, 0) is 6.42 Å². The molecule has 1 aromatic heterocycles. The molecule has 2 N–H and O–H groups in total. The van der Waals surface area contributed by atoms with E-state index in [9.17, 15) is 9.90 Å². The number of carbonyl (C=O) groups excluding carboxylic acids is 1. The van der Waals surface area contributed by atoms with E-state index in [2.05, 4.69) is 34.6 Å². The fourth-order valence-corrected chi connectivity index (χ4v) is 3.06. The van der Waals surface area contributed by atoms with Crippen LogP contribution < -0.4 is 5.32 Å². The molecule has 3 aromatic rings. The van der Waals surface area contributed by atoms with Crippen LogP contribution in [0.4, 0.5) is 0 Å². The summed E-state index contributed by atoms with van der Waals surface area (Å²) in [5, 5.41) is 14.5. The van der Waals surface area contributed by atoms with Crippen LogP contribution in [0.1, 0.15) is 35.3 Å². The van der Waals surface area contributed by atoms with Crippen molar-refractivity contribution in [3.05, 3.63) is 83.7 Å². The van der Waals surface area contributed by atoms with Gasteiger partial charge in [0.1, 0.15) is 0 Å². The highest BCUT2D eigenvalue weighted by molar-refractivity contribution is 6.06. The van der Waals surface area contributed by atoms with Crippen molar-refractivity contribution in [1.29, 1.82) is 0 Å². The predicted molar refractivity (Wildman–Crippen MR) is 110 cm³/mol. The molecule has 0 fully saturated rings. The largest absolute Gasteiger partial charge is 0.394 e. The SMILES string of the molecule is CC(C)(CO)NC(=O)c1ccc2cccc3c2c1C=CC3.c1ccncc1. The van der Waals surface area contributed by atoms with Gasteiger partial charge in [-0.2, -0.15) is 0 Å².